The highest BCUT2D eigenvalue weighted by atomic mass is 127. The van der Waals surface area contributed by atoms with Gasteiger partial charge in [-0.3, -0.25) is 9.89 Å². The molecule has 0 amide bonds. The molecular formula is C18H37IN4O. The van der Waals surface area contributed by atoms with E-state index >= 15 is 0 Å². The lowest BCUT2D eigenvalue weighted by atomic mass is 10.0. The van der Waals surface area contributed by atoms with Crippen LogP contribution in [0.3, 0.4) is 0 Å². The largest absolute Gasteiger partial charge is 0.379 e. The number of nitrogens with one attached hydrogen (secondary N) is 2. The summed E-state index contributed by atoms with van der Waals surface area (Å²) < 4.78 is 5.48. The minimum atomic E-state index is 0. The van der Waals surface area contributed by atoms with Crippen LogP contribution in [0.25, 0.3) is 0 Å². The zero-order chi connectivity index (χ0) is 16.5. The second kappa shape index (κ2) is 12.3. The fourth-order valence-electron chi connectivity index (χ4n) is 3.19. The van der Waals surface area contributed by atoms with Crippen LogP contribution in [0.1, 0.15) is 46.5 Å². The van der Waals surface area contributed by atoms with Crippen LogP contribution in [0.4, 0.5) is 0 Å². The van der Waals surface area contributed by atoms with Gasteiger partial charge in [-0.1, -0.05) is 26.7 Å². The van der Waals surface area contributed by atoms with E-state index in [9.17, 15) is 0 Å². The Bertz CT molecular complexity index is 355. The zero-order valence-electron chi connectivity index (χ0n) is 15.7. The SMILES string of the molecule is CCNC(=NCC(C(C)C)N1CCOCC1)NCCCC1CC1.I. The quantitative estimate of drug-likeness (QED) is 0.245. The molecule has 0 bridgehead atoms. The zero-order valence-corrected chi connectivity index (χ0v) is 18.1. The molecule has 5 nitrogen and oxygen atoms in total. The Kier molecular flexibility index (Phi) is 11.3. The molecule has 1 aliphatic heterocycles. The number of ether oxygens (including phenoxy) is 1. The molecule has 1 aliphatic carbocycles. The Labute approximate surface area is 165 Å². The van der Waals surface area contributed by atoms with Crippen LogP contribution in [0.5, 0.6) is 0 Å². The summed E-state index contributed by atoms with van der Waals surface area (Å²) in [5.41, 5.74) is 0. The van der Waals surface area contributed by atoms with Gasteiger partial charge in [0.2, 0.25) is 0 Å². The van der Waals surface area contributed by atoms with Crippen LogP contribution in [0.15, 0.2) is 4.99 Å². The lowest BCUT2D eigenvalue weighted by molar-refractivity contribution is 0.00867. The number of hydrogen-bond acceptors (Lipinski definition) is 3. The minimum Gasteiger partial charge on any atom is -0.379 e. The van der Waals surface area contributed by atoms with E-state index in [0.717, 1.165) is 57.8 Å². The van der Waals surface area contributed by atoms with Crippen LogP contribution in [-0.4, -0.2) is 62.8 Å². The van der Waals surface area contributed by atoms with Crippen LogP contribution >= 0.6 is 24.0 Å². The van der Waals surface area contributed by atoms with Crippen molar-refractivity contribution in [3.05, 3.63) is 0 Å². The third kappa shape index (κ3) is 8.34. The van der Waals surface area contributed by atoms with Gasteiger partial charge in [0.25, 0.3) is 0 Å². The Morgan fingerprint density at radius 1 is 1.21 bits per heavy atom. The number of nitrogens with zero attached hydrogens (tertiary/aromatic N) is 2. The summed E-state index contributed by atoms with van der Waals surface area (Å²) >= 11 is 0. The summed E-state index contributed by atoms with van der Waals surface area (Å²) in [5, 5.41) is 6.88. The summed E-state index contributed by atoms with van der Waals surface area (Å²) in [5.74, 6) is 2.60. The third-order valence-electron chi connectivity index (χ3n) is 4.84. The predicted molar refractivity (Wildman–Crippen MR) is 112 cm³/mol. The van der Waals surface area contributed by atoms with Crippen LogP contribution in [0, 0.1) is 11.8 Å². The van der Waals surface area contributed by atoms with Gasteiger partial charge in [0.05, 0.1) is 19.8 Å². The second-order valence-electron chi connectivity index (χ2n) is 7.19. The monoisotopic (exact) mass is 452 g/mol. The second-order valence-corrected chi connectivity index (χ2v) is 7.19. The number of morpholine rings is 1. The maximum atomic E-state index is 5.48. The smallest absolute Gasteiger partial charge is 0.191 e. The fraction of sp³-hybridized carbons (Fsp3) is 0.944. The van der Waals surface area contributed by atoms with Gasteiger partial charge in [0.1, 0.15) is 0 Å². The number of hydrogen-bond donors (Lipinski definition) is 2. The Balaban J connectivity index is 0.00000288. The van der Waals surface area contributed by atoms with Crippen molar-refractivity contribution < 1.29 is 4.74 Å². The van der Waals surface area contributed by atoms with Gasteiger partial charge in [-0.05, 0) is 31.6 Å². The molecule has 1 unspecified atom stereocenters. The number of rotatable bonds is 9. The standard InChI is InChI=1S/C18H36N4O.HI/c1-4-19-18(20-9-5-6-16-7-8-16)21-14-17(15(2)3)22-10-12-23-13-11-22;/h15-17H,4-14H2,1-3H3,(H2,19,20,21);1H. The molecule has 142 valence electrons. The van der Waals surface area contributed by atoms with Crippen molar-refractivity contribution in [3.8, 4) is 0 Å². The fourth-order valence-corrected chi connectivity index (χ4v) is 3.19. The molecule has 2 rings (SSSR count). The summed E-state index contributed by atoms with van der Waals surface area (Å²) in [6.45, 7) is 13.3. The van der Waals surface area contributed by atoms with Crippen molar-refractivity contribution in [3.63, 3.8) is 0 Å². The first-order chi connectivity index (χ1) is 11.2. The average Bonchev–Trinajstić information content (AvgIpc) is 3.36. The van der Waals surface area contributed by atoms with E-state index in [1.54, 1.807) is 0 Å². The minimum absolute atomic E-state index is 0. The molecule has 1 heterocycles. The molecule has 0 spiro atoms. The summed E-state index contributed by atoms with van der Waals surface area (Å²) in [6, 6.07) is 0.501. The summed E-state index contributed by atoms with van der Waals surface area (Å²) in [6.07, 6.45) is 5.52. The number of halogens is 1. The molecule has 0 aromatic heterocycles. The Morgan fingerprint density at radius 2 is 1.92 bits per heavy atom. The van der Waals surface area contributed by atoms with Gasteiger partial charge in [-0.25, -0.2) is 0 Å². The van der Waals surface area contributed by atoms with Crippen LogP contribution in [0.2, 0.25) is 0 Å². The van der Waals surface area contributed by atoms with Crippen molar-refractivity contribution in [2.45, 2.75) is 52.5 Å². The molecule has 1 saturated heterocycles. The van der Waals surface area contributed by atoms with Crippen molar-refractivity contribution >= 4 is 29.9 Å². The predicted octanol–water partition coefficient (Wildman–Crippen LogP) is 2.71. The molecule has 6 heteroatoms. The highest BCUT2D eigenvalue weighted by molar-refractivity contribution is 14.0. The molecule has 0 aromatic carbocycles. The third-order valence-corrected chi connectivity index (χ3v) is 4.84. The molecule has 0 radical (unpaired) electrons. The van der Waals surface area contributed by atoms with Gasteiger partial charge in [-0.15, -0.1) is 24.0 Å². The van der Waals surface area contributed by atoms with E-state index < -0.39 is 0 Å². The van der Waals surface area contributed by atoms with E-state index in [-0.39, 0.29) is 24.0 Å². The lowest BCUT2D eigenvalue weighted by Gasteiger charge is -2.36. The highest BCUT2D eigenvalue weighted by Crippen LogP contribution is 2.33. The molecular weight excluding hydrogens is 415 g/mol. The Hall–Kier alpha value is -0.0800. The van der Waals surface area contributed by atoms with Crippen molar-refractivity contribution in [2.75, 3.05) is 45.9 Å². The van der Waals surface area contributed by atoms with Crippen molar-refractivity contribution in [1.82, 2.24) is 15.5 Å². The van der Waals surface area contributed by atoms with Gasteiger partial charge >= 0.3 is 0 Å². The van der Waals surface area contributed by atoms with Crippen LogP contribution < -0.4 is 10.6 Å². The highest BCUT2D eigenvalue weighted by Gasteiger charge is 2.23. The first-order valence-corrected chi connectivity index (χ1v) is 9.54. The maximum Gasteiger partial charge on any atom is 0.191 e. The molecule has 1 atom stereocenters. The molecule has 1 saturated carbocycles. The molecule has 24 heavy (non-hydrogen) atoms. The van der Waals surface area contributed by atoms with Crippen LogP contribution in [-0.2, 0) is 4.74 Å². The van der Waals surface area contributed by atoms with E-state index in [4.69, 9.17) is 9.73 Å². The van der Waals surface area contributed by atoms with Crippen molar-refractivity contribution in [2.24, 2.45) is 16.8 Å². The molecule has 2 N–H and O–H groups in total. The van der Waals surface area contributed by atoms with E-state index in [1.807, 2.05) is 0 Å². The number of aliphatic imine (C=N–C) groups is 1. The van der Waals surface area contributed by atoms with Gasteiger partial charge in [-0.2, -0.15) is 0 Å². The van der Waals surface area contributed by atoms with E-state index in [0.29, 0.717) is 12.0 Å². The van der Waals surface area contributed by atoms with Gasteiger partial charge in [0, 0.05) is 32.2 Å². The molecule has 2 fully saturated rings. The van der Waals surface area contributed by atoms with E-state index in [1.165, 1.54) is 25.7 Å². The summed E-state index contributed by atoms with van der Waals surface area (Å²) in [4.78, 5) is 7.39. The Morgan fingerprint density at radius 3 is 2.50 bits per heavy atom. The van der Waals surface area contributed by atoms with E-state index in [2.05, 4.69) is 36.3 Å². The normalized spacial score (nSPS) is 20.6. The topological polar surface area (TPSA) is 48.9 Å². The molecule has 0 aromatic rings. The first-order valence-electron chi connectivity index (χ1n) is 9.54. The first kappa shape index (κ1) is 22.0. The lowest BCUT2D eigenvalue weighted by Crippen LogP contribution is -2.48. The number of guanidine groups is 1. The van der Waals surface area contributed by atoms with Gasteiger partial charge < -0.3 is 15.4 Å². The van der Waals surface area contributed by atoms with Crippen molar-refractivity contribution in [1.29, 1.82) is 0 Å². The van der Waals surface area contributed by atoms with Gasteiger partial charge in [0.15, 0.2) is 5.96 Å². The summed E-state index contributed by atoms with van der Waals surface area (Å²) in [7, 11) is 0. The molecule has 2 aliphatic rings. The average molecular weight is 452 g/mol. The maximum absolute atomic E-state index is 5.48.